The molecule has 5 nitrogen and oxygen atoms in total. The first-order valence-corrected chi connectivity index (χ1v) is 13.1. The molecule has 2 aromatic rings. The van der Waals surface area contributed by atoms with Gasteiger partial charge in [-0.15, -0.1) is 0 Å². The van der Waals surface area contributed by atoms with E-state index in [2.05, 4.69) is 39.8 Å². The van der Waals surface area contributed by atoms with Crippen molar-refractivity contribution in [1.82, 2.24) is 4.90 Å². The zero-order valence-electron chi connectivity index (χ0n) is 19.6. The van der Waals surface area contributed by atoms with Crippen molar-refractivity contribution < 1.29 is 4.74 Å². The molecule has 6 rings (SSSR count). The fourth-order valence-corrected chi connectivity index (χ4v) is 6.62. The maximum Gasteiger partial charge on any atom is 0.159 e. The Bertz CT molecular complexity index is 927. The average molecular weight is 447 g/mol. The summed E-state index contributed by atoms with van der Waals surface area (Å²) < 4.78 is 5.87. The minimum atomic E-state index is -0.00220. The zero-order chi connectivity index (χ0) is 22.2. The fraction of sp³-hybridized carbons (Fsp3) is 0.571. The highest BCUT2D eigenvalue weighted by Gasteiger charge is 2.42. The van der Waals surface area contributed by atoms with Crippen molar-refractivity contribution in [1.29, 1.82) is 0 Å². The van der Waals surface area contributed by atoms with E-state index in [0.29, 0.717) is 6.04 Å². The van der Waals surface area contributed by atoms with Gasteiger partial charge in [0.05, 0.1) is 11.4 Å². The highest BCUT2D eigenvalue weighted by molar-refractivity contribution is 5.66. The third-order valence-corrected chi connectivity index (χ3v) is 8.44. The van der Waals surface area contributed by atoms with Crippen molar-refractivity contribution in [3.63, 3.8) is 0 Å². The number of rotatable bonds is 7. The molecule has 0 radical (unpaired) electrons. The molecule has 33 heavy (non-hydrogen) atoms. The summed E-state index contributed by atoms with van der Waals surface area (Å²) >= 11 is 0. The molecule has 4 aliphatic rings. The number of nitrogens with two attached hydrogens (primary N) is 1. The van der Waals surface area contributed by atoms with Gasteiger partial charge in [-0.05, 0) is 74.3 Å². The Labute approximate surface area is 198 Å². The van der Waals surface area contributed by atoms with Crippen LogP contribution in [0.25, 0.3) is 0 Å². The number of nitrogens with one attached hydrogen (secondary N) is 2. The predicted molar refractivity (Wildman–Crippen MR) is 135 cm³/mol. The van der Waals surface area contributed by atoms with Crippen molar-refractivity contribution in [3.05, 3.63) is 54.1 Å². The first kappa shape index (κ1) is 21.3. The van der Waals surface area contributed by atoms with Gasteiger partial charge in [0.25, 0.3) is 0 Å². The molecule has 4 atom stereocenters. The monoisotopic (exact) mass is 446 g/mol. The normalized spacial score (nSPS) is 31.9. The van der Waals surface area contributed by atoms with E-state index >= 15 is 0 Å². The van der Waals surface area contributed by atoms with Gasteiger partial charge in [0.15, 0.2) is 6.23 Å². The molecule has 4 unspecified atom stereocenters. The number of hydrogen-bond donors (Lipinski definition) is 3. The van der Waals surface area contributed by atoms with Crippen LogP contribution in [0, 0.1) is 5.92 Å². The van der Waals surface area contributed by atoms with E-state index in [9.17, 15) is 0 Å². The summed E-state index contributed by atoms with van der Waals surface area (Å²) in [7, 11) is 0. The SMILES string of the molecule is Nc1ccccc1NC1OC1c1ccc(NC2CC3CCC(C2)N3CC2CCCCC2)cc1. The number of ether oxygens (including phenoxy) is 1. The third-order valence-electron chi connectivity index (χ3n) is 8.44. The van der Waals surface area contributed by atoms with E-state index in [4.69, 9.17) is 10.5 Å². The summed E-state index contributed by atoms with van der Waals surface area (Å²) in [6.07, 6.45) is 12.8. The van der Waals surface area contributed by atoms with Crippen LogP contribution >= 0.6 is 0 Å². The van der Waals surface area contributed by atoms with E-state index < -0.39 is 0 Å². The lowest BCUT2D eigenvalue weighted by molar-refractivity contribution is 0.100. The van der Waals surface area contributed by atoms with Crippen LogP contribution in [0.2, 0.25) is 0 Å². The second-order valence-corrected chi connectivity index (χ2v) is 10.7. The topological polar surface area (TPSA) is 65.8 Å². The molecule has 4 N–H and O–H groups in total. The lowest BCUT2D eigenvalue weighted by Crippen LogP contribution is -2.48. The quantitative estimate of drug-likeness (QED) is 0.372. The van der Waals surface area contributed by atoms with Gasteiger partial charge in [-0.2, -0.15) is 0 Å². The average Bonchev–Trinajstić information content (AvgIpc) is 3.56. The standard InChI is InChI=1S/C28H38N4O/c29-25-8-4-5-9-26(25)31-28-27(33-28)20-10-12-21(13-11-20)30-22-16-23-14-15-24(17-22)32(23)18-19-6-2-1-3-7-19/h4-5,8-13,19,22-24,27-28,30-31H,1-3,6-7,14-18,29H2. The van der Waals surface area contributed by atoms with Gasteiger partial charge in [0.1, 0.15) is 6.10 Å². The van der Waals surface area contributed by atoms with E-state index in [1.165, 1.54) is 75.6 Å². The minimum Gasteiger partial charge on any atom is -0.397 e. The Kier molecular flexibility index (Phi) is 5.93. The minimum absolute atomic E-state index is 0.00220. The molecule has 1 saturated carbocycles. The Morgan fingerprint density at radius 1 is 0.848 bits per heavy atom. The Morgan fingerprint density at radius 3 is 2.30 bits per heavy atom. The molecule has 1 aliphatic carbocycles. The van der Waals surface area contributed by atoms with Gasteiger partial charge in [0.2, 0.25) is 0 Å². The molecule has 3 heterocycles. The lowest BCUT2D eigenvalue weighted by Gasteiger charge is -2.41. The summed E-state index contributed by atoms with van der Waals surface area (Å²) in [4.78, 5) is 2.90. The molecule has 2 aromatic carbocycles. The number of fused-ring (bicyclic) bond motifs is 2. The van der Waals surface area contributed by atoms with Gasteiger partial charge in [-0.1, -0.05) is 43.5 Å². The molecule has 3 saturated heterocycles. The van der Waals surface area contributed by atoms with Crippen LogP contribution in [-0.4, -0.2) is 35.8 Å². The second-order valence-electron chi connectivity index (χ2n) is 10.7. The number of hydrogen-bond acceptors (Lipinski definition) is 5. The van der Waals surface area contributed by atoms with E-state index in [1.807, 2.05) is 24.3 Å². The molecule has 3 aliphatic heterocycles. The third kappa shape index (κ3) is 4.71. The van der Waals surface area contributed by atoms with Crippen molar-refractivity contribution in [2.75, 3.05) is 22.9 Å². The maximum atomic E-state index is 6.04. The largest absolute Gasteiger partial charge is 0.397 e. The Morgan fingerprint density at radius 2 is 1.58 bits per heavy atom. The Balaban J connectivity index is 1.01. The van der Waals surface area contributed by atoms with E-state index in [0.717, 1.165) is 29.4 Å². The number of piperidine rings is 1. The van der Waals surface area contributed by atoms with Crippen molar-refractivity contribution >= 4 is 17.1 Å². The van der Waals surface area contributed by atoms with Crippen LogP contribution in [0.1, 0.15) is 69.5 Å². The number of benzene rings is 2. The second kappa shape index (κ2) is 9.19. The number of nitrogens with zero attached hydrogens (tertiary/aromatic N) is 1. The van der Waals surface area contributed by atoms with E-state index in [1.54, 1.807) is 0 Å². The summed E-state index contributed by atoms with van der Waals surface area (Å²) in [5.74, 6) is 0.959. The molecular weight excluding hydrogens is 408 g/mol. The number of epoxide rings is 1. The molecule has 0 amide bonds. The van der Waals surface area contributed by atoms with Crippen LogP contribution in [0.15, 0.2) is 48.5 Å². The summed E-state index contributed by atoms with van der Waals surface area (Å²) in [5.41, 5.74) is 10.2. The first-order valence-electron chi connectivity index (χ1n) is 13.1. The van der Waals surface area contributed by atoms with Crippen molar-refractivity contribution in [2.24, 2.45) is 5.92 Å². The van der Waals surface area contributed by atoms with Crippen LogP contribution < -0.4 is 16.4 Å². The summed E-state index contributed by atoms with van der Waals surface area (Å²) in [6.45, 7) is 1.36. The van der Waals surface area contributed by atoms with Crippen molar-refractivity contribution in [3.8, 4) is 0 Å². The van der Waals surface area contributed by atoms with E-state index in [-0.39, 0.29) is 12.3 Å². The first-order chi connectivity index (χ1) is 16.2. The molecule has 4 fully saturated rings. The molecular formula is C28H38N4O. The maximum absolute atomic E-state index is 6.04. The zero-order valence-corrected chi connectivity index (χ0v) is 19.6. The van der Waals surface area contributed by atoms with Gasteiger partial charge < -0.3 is 21.1 Å². The van der Waals surface area contributed by atoms with Crippen LogP contribution in [0.4, 0.5) is 17.1 Å². The fourth-order valence-electron chi connectivity index (χ4n) is 6.62. The van der Waals surface area contributed by atoms with Crippen LogP contribution in [0.5, 0.6) is 0 Å². The van der Waals surface area contributed by atoms with Gasteiger partial charge in [-0.3, -0.25) is 4.90 Å². The number of anilines is 3. The van der Waals surface area contributed by atoms with Crippen LogP contribution in [0.3, 0.4) is 0 Å². The molecule has 176 valence electrons. The van der Waals surface area contributed by atoms with Crippen LogP contribution in [-0.2, 0) is 4.74 Å². The van der Waals surface area contributed by atoms with Gasteiger partial charge in [0, 0.05) is 30.4 Å². The molecule has 5 heteroatoms. The highest BCUT2D eigenvalue weighted by Crippen LogP contribution is 2.41. The summed E-state index contributed by atoms with van der Waals surface area (Å²) in [5, 5.41) is 7.25. The van der Waals surface area contributed by atoms with Crippen molar-refractivity contribution in [2.45, 2.75) is 88.2 Å². The number of para-hydroxylation sites is 2. The molecule has 2 bridgehead atoms. The Hall–Kier alpha value is -2.24. The number of nitrogen functional groups attached to an aromatic ring is 1. The molecule has 0 spiro atoms. The predicted octanol–water partition coefficient (Wildman–Crippen LogP) is 5.77. The lowest BCUT2D eigenvalue weighted by atomic mass is 9.87. The van der Waals surface area contributed by atoms with Gasteiger partial charge in [-0.25, -0.2) is 0 Å². The summed E-state index contributed by atoms with van der Waals surface area (Å²) in [6, 6.07) is 18.9. The molecule has 0 aromatic heterocycles. The smallest absolute Gasteiger partial charge is 0.159 e. The highest BCUT2D eigenvalue weighted by atomic mass is 16.6. The van der Waals surface area contributed by atoms with Gasteiger partial charge >= 0.3 is 0 Å².